The van der Waals surface area contributed by atoms with Gasteiger partial charge < -0.3 is 9.64 Å². The summed E-state index contributed by atoms with van der Waals surface area (Å²) in [6, 6.07) is 13.5. The van der Waals surface area contributed by atoms with Crippen molar-refractivity contribution in [3.05, 3.63) is 59.4 Å². The van der Waals surface area contributed by atoms with E-state index in [1.54, 1.807) is 12.3 Å². The molecule has 1 aliphatic heterocycles. The van der Waals surface area contributed by atoms with Crippen molar-refractivity contribution < 1.29 is 9.13 Å². The van der Waals surface area contributed by atoms with Gasteiger partial charge in [0.1, 0.15) is 5.82 Å². The smallest absolute Gasteiger partial charge is 0.147 e. The molecular formula is C21H25FN2O. The van der Waals surface area contributed by atoms with Crippen LogP contribution in [0.3, 0.4) is 0 Å². The first kappa shape index (κ1) is 17.6. The molecule has 0 N–H and O–H groups in total. The Labute approximate surface area is 149 Å². The van der Waals surface area contributed by atoms with E-state index in [4.69, 9.17) is 4.74 Å². The zero-order valence-electron chi connectivity index (χ0n) is 14.9. The van der Waals surface area contributed by atoms with Crippen LogP contribution in [0.1, 0.15) is 37.3 Å². The Balaban J connectivity index is 1.70. The van der Waals surface area contributed by atoms with Crippen LogP contribution in [0.15, 0.2) is 47.5 Å². The van der Waals surface area contributed by atoms with Gasteiger partial charge in [-0.2, -0.15) is 0 Å². The molecule has 0 aliphatic carbocycles. The molecule has 1 atom stereocenters. The minimum Gasteiger partial charge on any atom is -0.378 e. The highest BCUT2D eigenvalue weighted by Crippen LogP contribution is 2.23. The number of halogens is 1. The summed E-state index contributed by atoms with van der Waals surface area (Å²) in [7, 11) is 0. The normalized spacial score (nSPS) is 16.4. The second kappa shape index (κ2) is 8.26. The van der Waals surface area contributed by atoms with Gasteiger partial charge in [0.2, 0.25) is 0 Å². The third-order valence-electron chi connectivity index (χ3n) is 4.76. The van der Waals surface area contributed by atoms with E-state index in [-0.39, 0.29) is 5.82 Å². The van der Waals surface area contributed by atoms with Gasteiger partial charge in [-0.3, -0.25) is 4.99 Å². The van der Waals surface area contributed by atoms with Gasteiger partial charge >= 0.3 is 0 Å². The van der Waals surface area contributed by atoms with Crippen LogP contribution in [-0.2, 0) is 4.74 Å². The molecule has 2 aromatic carbocycles. The Morgan fingerprint density at radius 2 is 1.88 bits per heavy atom. The van der Waals surface area contributed by atoms with Gasteiger partial charge in [-0.15, -0.1) is 0 Å². The number of hydrogen-bond donors (Lipinski definition) is 0. The predicted molar refractivity (Wildman–Crippen MR) is 102 cm³/mol. The predicted octanol–water partition coefficient (Wildman–Crippen LogP) is 4.93. The number of morpholine rings is 1. The van der Waals surface area contributed by atoms with Crippen LogP contribution in [-0.4, -0.2) is 32.5 Å². The highest BCUT2D eigenvalue weighted by Gasteiger charge is 2.14. The molecule has 0 amide bonds. The number of rotatable bonds is 5. The first-order valence-corrected chi connectivity index (χ1v) is 8.93. The molecule has 0 radical (unpaired) electrons. The molecule has 3 rings (SSSR count). The van der Waals surface area contributed by atoms with E-state index < -0.39 is 0 Å². The van der Waals surface area contributed by atoms with E-state index in [2.05, 4.69) is 31.0 Å². The molecule has 1 saturated heterocycles. The lowest BCUT2D eigenvalue weighted by Gasteiger charge is -2.29. The summed E-state index contributed by atoms with van der Waals surface area (Å²) in [6.07, 6.45) is 2.84. The Morgan fingerprint density at radius 3 is 2.52 bits per heavy atom. The quantitative estimate of drug-likeness (QED) is 0.721. The number of hydrogen-bond acceptors (Lipinski definition) is 3. The minimum atomic E-state index is -0.210. The average molecular weight is 340 g/mol. The van der Waals surface area contributed by atoms with Crippen molar-refractivity contribution in [2.75, 3.05) is 31.2 Å². The molecule has 25 heavy (non-hydrogen) atoms. The van der Waals surface area contributed by atoms with Crippen molar-refractivity contribution >= 4 is 17.6 Å². The summed E-state index contributed by atoms with van der Waals surface area (Å²) < 4.78 is 19.7. The molecule has 1 aliphatic rings. The largest absolute Gasteiger partial charge is 0.378 e. The monoisotopic (exact) mass is 340 g/mol. The van der Waals surface area contributed by atoms with Crippen molar-refractivity contribution in [2.45, 2.75) is 26.2 Å². The lowest BCUT2D eigenvalue weighted by atomic mass is 9.99. The SMILES string of the molecule is CC[C@@H](C)c1ccc(N=Cc2ccc(N3CCOCC3)c(F)c2)cc1. The zero-order chi connectivity index (χ0) is 17.6. The number of nitrogens with zero attached hydrogens (tertiary/aromatic N) is 2. The first-order chi connectivity index (χ1) is 12.2. The van der Waals surface area contributed by atoms with Crippen molar-refractivity contribution in [3.63, 3.8) is 0 Å². The third kappa shape index (κ3) is 4.45. The molecule has 0 spiro atoms. The van der Waals surface area contributed by atoms with Gasteiger partial charge in [0.25, 0.3) is 0 Å². The maximum absolute atomic E-state index is 14.4. The highest BCUT2D eigenvalue weighted by atomic mass is 19.1. The van der Waals surface area contributed by atoms with Crippen molar-refractivity contribution in [3.8, 4) is 0 Å². The Kier molecular flexibility index (Phi) is 5.82. The summed E-state index contributed by atoms with van der Waals surface area (Å²) in [5.74, 6) is 0.345. The fourth-order valence-corrected chi connectivity index (χ4v) is 2.94. The molecule has 0 unspecified atom stereocenters. The van der Waals surface area contributed by atoms with Gasteiger partial charge in [0.15, 0.2) is 0 Å². The number of anilines is 1. The molecule has 1 fully saturated rings. The maximum Gasteiger partial charge on any atom is 0.147 e. The third-order valence-corrected chi connectivity index (χ3v) is 4.76. The molecule has 0 bridgehead atoms. The molecule has 3 nitrogen and oxygen atoms in total. The molecule has 1 heterocycles. The molecule has 0 aromatic heterocycles. The van der Waals surface area contributed by atoms with Crippen LogP contribution in [0.5, 0.6) is 0 Å². The van der Waals surface area contributed by atoms with Gasteiger partial charge in [0.05, 0.1) is 24.6 Å². The summed E-state index contributed by atoms with van der Waals surface area (Å²) >= 11 is 0. The van der Waals surface area contributed by atoms with Gasteiger partial charge in [0, 0.05) is 19.3 Å². The lowest BCUT2D eigenvalue weighted by molar-refractivity contribution is 0.122. The van der Waals surface area contributed by atoms with Crippen LogP contribution >= 0.6 is 0 Å². The minimum absolute atomic E-state index is 0.210. The Morgan fingerprint density at radius 1 is 1.16 bits per heavy atom. The van der Waals surface area contributed by atoms with E-state index in [0.717, 1.165) is 30.8 Å². The second-order valence-electron chi connectivity index (χ2n) is 6.47. The van der Waals surface area contributed by atoms with Crippen molar-refractivity contribution in [2.24, 2.45) is 4.99 Å². The Hall–Kier alpha value is -2.20. The van der Waals surface area contributed by atoms with Crippen LogP contribution in [0, 0.1) is 5.82 Å². The second-order valence-corrected chi connectivity index (χ2v) is 6.47. The Bertz CT molecular complexity index is 721. The summed E-state index contributed by atoms with van der Waals surface area (Å²) in [6.45, 7) is 7.16. The molecule has 2 aromatic rings. The molecule has 4 heteroatoms. The fraction of sp³-hybridized carbons (Fsp3) is 0.381. The van der Waals surface area contributed by atoms with E-state index in [1.165, 1.54) is 5.56 Å². The number of benzene rings is 2. The average Bonchev–Trinajstić information content (AvgIpc) is 2.67. The van der Waals surface area contributed by atoms with Crippen molar-refractivity contribution in [1.82, 2.24) is 0 Å². The van der Waals surface area contributed by atoms with Crippen LogP contribution < -0.4 is 4.90 Å². The maximum atomic E-state index is 14.4. The zero-order valence-corrected chi connectivity index (χ0v) is 14.9. The summed E-state index contributed by atoms with van der Waals surface area (Å²) in [4.78, 5) is 6.48. The highest BCUT2D eigenvalue weighted by molar-refractivity contribution is 5.82. The standard InChI is InChI=1S/C21H25FN2O/c1-3-16(2)18-5-7-19(8-6-18)23-15-17-4-9-21(20(22)14-17)24-10-12-25-13-11-24/h4-9,14-16H,3,10-13H2,1-2H3/t16-/m1/s1. The van der Waals surface area contributed by atoms with Crippen LogP contribution in [0.25, 0.3) is 0 Å². The van der Waals surface area contributed by atoms with Gasteiger partial charge in [-0.25, -0.2) is 4.39 Å². The lowest BCUT2D eigenvalue weighted by Crippen LogP contribution is -2.36. The van der Waals surface area contributed by atoms with Gasteiger partial charge in [-0.05, 0) is 47.7 Å². The van der Waals surface area contributed by atoms with Crippen LogP contribution in [0.2, 0.25) is 0 Å². The topological polar surface area (TPSA) is 24.8 Å². The first-order valence-electron chi connectivity index (χ1n) is 8.93. The number of aliphatic imine (C=N–C) groups is 1. The summed E-state index contributed by atoms with van der Waals surface area (Å²) in [5, 5.41) is 0. The molecular weight excluding hydrogens is 315 g/mol. The van der Waals surface area contributed by atoms with E-state index in [0.29, 0.717) is 24.8 Å². The van der Waals surface area contributed by atoms with Gasteiger partial charge in [-0.1, -0.05) is 32.0 Å². The van der Waals surface area contributed by atoms with Crippen LogP contribution in [0.4, 0.5) is 15.8 Å². The van der Waals surface area contributed by atoms with E-state index in [9.17, 15) is 4.39 Å². The number of ether oxygens (including phenoxy) is 1. The fourth-order valence-electron chi connectivity index (χ4n) is 2.94. The van der Waals surface area contributed by atoms with Crippen molar-refractivity contribution in [1.29, 1.82) is 0 Å². The van der Waals surface area contributed by atoms with E-state index >= 15 is 0 Å². The summed E-state index contributed by atoms with van der Waals surface area (Å²) in [5.41, 5.74) is 3.60. The molecule has 0 saturated carbocycles. The molecule has 132 valence electrons. The van der Waals surface area contributed by atoms with E-state index in [1.807, 2.05) is 29.2 Å².